The van der Waals surface area contributed by atoms with E-state index in [2.05, 4.69) is 6.58 Å². The van der Waals surface area contributed by atoms with Gasteiger partial charge in [-0.25, -0.2) is 13.2 Å². The SMILES string of the molecule is C=CCCC1CCC(C2CCC(c3cc(F)c(F)c(F)c3)CC2)CC1. The molecule has 138 valence electrons. The van der Waals surface area contributed by atoms with Gasteiger partial charge in [-0.1, -0.05) is 18.9 Å². The molecular formula is C22H29F3. The summed E-state index contributed by atoms with van der Waals surface area (Å²) in [5, 5.41) is 0. The first-order valence-electron chi connectivity index (χ1n) is 9.83. The quantitative estimate of drug-likeness (QED) is 0.391. The zero-order valence-corrected chi connectivity index (χ0v) is 15.0. The Balaban J connectivity index is 1.50. The molecule has 0 bridgehead atoms. The van der Waals surface area contributed by atoms with Crippen molar-refractivity contribution in [3.8, 4) is 0 Å². The van der Waals surface area contributed by atoms with E-state index < -0.39 is 17.5 Å². The van der Waals surface area contributed by atoms with Gasteiger partial charge in [-0.3, -0.25) is 0 Å². The van der Waals surface area contributed by atoms with Gasteiger partial charge >= 0.3 is 0 Å². The van der Waals surface area contributed by atoms with E-state index in [0.29, 0.717) is 5.56 Å². The summed E-state index contributed by atoms with van der Waals surface area (Å²) in [4.78, 5) is 0. The molecule has 0 aromatic heterocycles. The molecule has 1 aromatic carbocycles. The van der Waals surface area contributed by atoms with Crippen LogP contribution in [0.1, 0.15) is 75.7 Å². The third-order valence-electron chi connectivity index (χ3n) is 6.59. The Morgan fingerprint density at radius 3 is 1.88 bits per heavy atom. The molecule has 2 aliphatic carbocycles. The molecule has 2 aliphatic rings. The van der Waals surface area contributed by atoms with Crippen molar-refractivity contribution in [1.82, 2.24) is 0 Å². The molecule has 2 saturated carbocycles. The number of rotatable bonds is 5. The maximum Gasteiger partial charge on any atom is 0.194 e. The predicted octanol–water partition coefficient (Wildman–Crippen LogP) is 7.15. The molecule has 0 aliphatic heterocycles. The summed E-state index contributed by atoms with van der Waals surface area (Å²) in [6.45, 7) is 3.81. The molecule has 25 heavy (non-hydrogen) atoms. The molecule has 0 saturated heterocycles. The average molecular weight is 350 g/mol. The van der Waals surface area contributed by atoms with E-state index in [1.807, 2.05) is 6.08 Å². The first-order valence-corrected chi connectivity index (χ1v) is 9.83. The Labute approximate surface area is 149 Å². The summed E-state index contributed by atoms with van der Waals surface area (Å²) in [5.41, 5.74) is 0.628. The summed E-state index contributed by atoms with van der Waals surface area (Å²) < 4.78 is 40.1. The Morgan fingerprint density at radius 2 is 1.36 bits per heavy atom. The van der Waals surface area contributed by atoms with Crippen molar-refractivity contribution in [2.45, 2.75) is 70.1 Å². The second-order valence-corrected chi connectivity index (χ2v) is 8.06. The molecule has 0 unspecified atom stereocenters. The fourth-order valence-electron chi connectivity index (χ4n) is 5.04. The van der Waals surface area contributed by atoms with Crippen LogP contribution < -0.4 is 0 Å². The summed E-state index contributed by atoms with van der Waals surface area (Å²) in [6.07, 6.45) is 14.0. The molecular weight excluding hydrogens is 321 g/mol. The van der Waals surface area contributed by atoms with Crippen molar-refractivity contribution in [2.24, 2.45) is 17.8 Å². The van der Waals surface area contributed by atoms with Gasteiger partial charge in [0, 0.05) is 0 Å². The smallest absolute Gasteiger partial charge is 0.194 e. The van der Waals surface area contributed by atoms with Crippen molar-refractivity contribution >= 4 is 0 Å². The Morgan fingerprint density at radius 1 is 0.840 bits per heavy atom. The van der Waals surface area contributed by atoms with Crippen LogP contribution in [0.4, 0.5) is 13.2 Å². The molecule has 3 heteroatoms. The zero-order chi connectivity index (χ0) is 17.8. The van der Waals surface area contributed by atoms with Crippen LogP contribution >= 0.6 is 0 Å². The Bertz CT molecular complexity index is 556. The van der Waals surface area contributed by atoms with Crippen molar-refractivity contribution < 1.29 is 13.2 Å². The van der Waals surface area contributed by atoms with E-state index in [-0.39, 0.29) is 5.92 Å². The van der Waals surface area contributed by atoms with Crippen LogP contribution in [0, 0.1) is 35.2 Å². The fraction of sp³-hybridized carbons (Fsp3) is 0.636. The third-order valence-corrected chi connectivity index (χ3v) is 6.59. The summed E-state index contributed by atoms with van der Waals surface area (Å²) in [6, 6.07) is 2.38. The lowest BCUT2D eigenvalue weighted by Gasteiger charge is -2.38. The number of hydrogen-bond acceptors (Lipinski definition) is 0. The van der Waals surface area contributed by atoms with Gasteiger partial charge in [-0.2, -0.15) is 0 Å². The third kappa shape index (κ3) is 4.48. The number of allylic oxidation sites excluding steroid dienone is 1. The highest BCUT2D eigenvalue weighted by atomic mass is 19.2. The van der Waals surface area contributed by atoms with Gasteiger partial charge in [0.1, 0.15) is 0 Å². The van der Waals surface area contributed by atoms with Gasteiger partial charge in [0.25, 0.3) is 0 Å². The van der Waals surface area contributed by atoms with Gasteiger partial charge < -0.3 is 0 Å². The lowest BCUT2D eigenvalue weighted by Crippen LogP contribution is -2.25. The van der Waals surface area contributed by atoms with Gasteiger partial charge in [0.15, 0.2) is 17.5 Å². The molecule has 0 radical (unpaired) electrons. The van der Waals surface area contributed by atoms with Crippen LogP contribution in [0.3, 0.4) is 0 Å². The molecule has 0 amide bonds. The first kappa shape index (κ1) is 18.5. The monoisotopic (exact) mass is 350 g/mol. The van der Waals surface area contributed by atoms with Gasteiger partial charge in [-0.05, 0) is 92.7 Å². The van der Waals surface area contributed by atoms with Gasteiger partial charge in [0.05, 0.1) is 0 Å². The van der Waals surface area contributed by atoms with Gasteiger partial charge in [-0.15, -0.1) is 6.58 Å². The van der Waals surface area contributed by atoms with Crippen LogP contribution in [0.2, 0.25) is 0 Å². The second-order valence-electron chi connectivity index (χ2n) is 8.06. The van der Waals surface area contributed by atoms with E-state index in [1.165, 1.54) is 44.2 Å². The van der Waals surface area contributed by atoms with Crippen molar-refractivity contribution in [3.05, 3.63) is 47.8 Å². The van der Waals surface area contributed by atoms with Crippen LogP contribution in [0.5, 0.6) is 0 Å². The lowest BCUT2D eigenvalue weighted by molar-refractivity contribution is 0.157. The molecule has 3 rings (SSSR count). The minimum atomic E-state index is -1.36. The molecule has 0 heterocycles. The summed E-state index contributed by atoms with van der Waals surface area (Å²) in [7, 11) is 0. The minimum absolute atomic E-state index is 0.171. The minimum Gasteiger partial charge on any atom is -0.204 e. The van der Waals surface area contributed by atoms with Crippen LogP contribution in [0.15, 0.2) is 24.8 Å². The molecule has 0 spiro atoms. The molecule has 0 N–H and O–H groups in total. The van der Waals surface area contributed by atoms with Crippen molar-refractivity contribution in [1.29, 1.82) is 0 Å². The molecule has 2 fully saturated rings. The largest absolute Gasteiger partial charge is 0.204 e. The molecule has 0 atom stereocenters. The normalized spacial score (nSPS) is 30.2. The first-order chi connectivity index (χ1) is 12.1. The van der Waals surface area contributed by atoms with E-state index in [4.69, 9.17) is 0 Å². The standard InChI is InChI=1S/C22H29F3/c1-2-3-4-15-5-7-16(8-6-15)17-9-11-18(12-10-17)19-13-20(23)22(25)21(24)14-19/h2,13-18H,1,3-12H2. The maximum atomic E-state index is 13.5. The predicted molar refractivity (Wildman–Crippen MR) is 95.9 cm³/mol. The molecule has 1 aromatic rings. The van der Waals surface area contributed by atoms with Crippen molar-refractivity contribution in [3.63, 3.8) is 0 Å². The van der Waals surface area contributed by atoms with Crippen molar-refractivity contribution in [2.75, 3.05) is 0 Å². The van der Waals surface area contributed by atoms with E-state index in [9.17, 15) is 13.2 Å². The average Bonchev–Trinajstić information content (AvgIpc) is 2.64. The highest BCUT2D eigenvalue weighted by Gasteiger charge is 2.31. The summed E-state index contributed by atoms with van der Waals surface area (Å²) in [5.74, 6) is -0.856. The fourth-order valence-corrected chi connectivity index (χ4v) is 5.04. The highest BCUT2D eigenvalue weighted by molar-refractivity contribution is 5.23. The Hall–Kier alpha value is -1.25. The van der Waals surface area contributed by atoms with Crippen LogP contribution in [-0.2, 0) is 0 Å². The second kappa shape index (κ2) is 8.42. The highest BCUT2D eigenvalue weighted by Crippen LogP contribution is 2.44. The summed E-state index contributed by atoms with van der Waals surface area (Å²) >= 11 is 0. The van der Waals surface area contributed by atoms with Gasteiger partial charge in [0.2, 0.25) is 0 Å². The molecule has 0 nitrogen and oxygen atoms in total. The lowest BCUT2D eigenvalue weighted by atomic mass is 9.68. The van der Waals surface area contributed by atoms with Crippen LogP contribution in [-0.4, -0.2) is 0 Å². The van der Waals surface area contributed by atoms with E-state index in [1.54, 1.807) is 0 Å². The topological polar surface area (TPSA) is 0 Å². The van der Waals surface area contributed by atoms with E-state index in [0.717, 1.165) is 49.9 Å². The van der Waals surface area contributed by atoms with E-state index >= 15 is 0 Å². The number of benzene rings is 1. The van der Waals surface area contributed by atoms with Crippen LogP contribution in [0.25, 0.3) is 0 Å². The number of hydrogen-bond donors (Lipinski definition) is 0. The number of halogens is 3. The zero-order valence-electron chi connectivity index (χ0n) is 15.0. The Kier molecular flexibility index (Phi) is 6.24. The maximum absolute atomic E-state index is 13.5.